The average molecular weight is 402 g/mol. The molecule has 0 unspecified atom stereocenters. The van der Waals surface area contributed by atoms with E-state index in [-0.39, 0.29) is 28.4 Å². The highest BCUT2D eigenvalue weighted by molar-refractivity contribution is 7.93. The summed E-state index contributed by atoms with van der Waals surface area (Å²) in [6.45, 7) is 5.49. The number of likely N-dealkylation sites (N-methyl/N-ethyl adjacent to an activating group) is 1. The Hall–Kier alpha value is -1.64. The van der Waals surface area contributed by atoms with E-state index in [0.29, 0.717) is 16.3 Å². The van der Waals surface area contributed by atoms with Crippen molar-refractivity contribution in [1.82, 2.24) is 9.88 Å². The maximum absolute atomic E-state index is 12.5. The minimum atomic E-state index is -3.79. The molecule has 1 N–H and O–H groups in total. The van der Waals surface area contributed by atoms with E-state index in [9.17, 15) is 13.2 Å². The summed E-state index contributed by atoms with van der Waals surface area (Å²) >= 11 is 7.13. The molecule has 0 atom stereocenters. The Morgan fingerprint density at radius 2 is 2.08 bits per heavy atom. The van der Waals surface area contributed by atoms with Gasteiger partial charge in [-0.15, -0.1) is 11.3 Å². The van der Waals surface area contributed by atoms with Gasteiger partial charge in [0.2, 0.25) is 5.91 Å². The smallest absolute Gasteiger partial charge is 0.263 e. The lowest BCUT2D eigenvalue weighted by molar-refractivity contribution is -0.130. The van der Waals surface area contributed by atoms with Crippen LogP contribution in [0, 0.1) is 6.92 Å². The molecular formula is C16H20ClN3O3S2. The zero-order valence-electron chi connectivity index (χ0n) is 14.4. The van der Waals surface area contributed by atoms with Crippen LogP contribution in [0.5, 0.6) is 0 Å². The van der Waals surface area contributed by atoms with Gasteiger partial charge < -0.3 is 4.90 Å². The van der Waals surface area contributed by atoms with Gasteiger partial charge in [-0.3, -0.25) is 9.52 Å². The number of amides is 1. The Morgan fingerprint density at radius 3 is 2.72 bits per heavy atom. The predicted molar refractivity (Wildman–Crippen MR) is 101 cm³/mol. The molecule has 136 valence electrons. The number of hydrogen-bond donors (Lipinski definition) is 1. The van der Waals surface area contributed by atoms with Crippen LogP contribution in [0.15, 0.2) is 28.5 Å². The van der Waals surface area contributed by atoms with Gasteiger partial charge in [-0.2, -0.15) is 0 Å². The molecule has 6 nitrogen and oxygen atoms in total. The molecule has 0 aliphatic carbocycles. The quantitative estimate of drug-likeness (QED) is 0.805. The molecule has 0 aliphatic rings. The van der Waals surface area contributed by atoms with Crippen molar-refractivity contribution in [3.8, 4) is 0 Å². The second-order valence-corrected chi connectivity index (χ2v) is 8.80. The molecule has 2 rings (SSSR count). The van der Waals surface area contributed by atoms with E-state index >= 15 is 0 Å². The third kappa shape index (κ3) is 4.71. The summed E-state index contributed by atoms with van der Waals surface area (Å²) in [5, 5.41) is 2.27. The van der Waals surface area contributed by atoms with E-state index in [1.165, 1.54) is 6.07 Å². The number of carbonyl (C=O) groups is 1. The van der Waals surface area contributed by atoms with Crippen molar-refractivity contribution in [2.75, 3.05) is 11.8 Å². The van der Waals surface area contributed by atoms with E-state index < -0.39 is 10.0 Å². The lowest BCUT2D eigenvalue weighted by atomic mass is 10.2. The van der Waals surface area contributed by atoms with Gasteiger partial charge in [-0.25, -0.2) is 13.4 Å². The zero-order valence-corrected chi connectivity index (χ0v) is 16.8. The minimum Gasteiger partial charge on any atom is -0.343 e. The van der Waals surface area contributed by atoms with Crippen LogP contribution in [0.3, 0.4) is 0 Å². The molecule has 0 spiro atoms. The van der Waals surface area contributed by atoms with E-state index in [1.807, 2.05) is 13.8 Å². The molecule has 0 aliphatic heterocycles. The van der Waals surface area contributed by atoms with Crippen LogP contribution < -0.4 is 4.72 Å². The lowest BCUT2D eigenvalue weighted by Gasteiger charge is -2.20. The number of aromatic nitrogens is 1. The molecule has 0 bridgehead atoms. The van der Waals surface area contributed by atoms with Crippen LogP contribution in [0.1, 0.15) is 25.1 Å². The van der Waals surface area contributed by atoms with E-state index in [2.05, 4.69) is 9.71 Å². The number of anilines is 1. The predicted octanol–water partition coefficient (Wildman–Crippen LogP) is 3.32. The molecule has 1 heterocycles. The third-order valence-electron chi connectivity index (χ3n) is 3.78. The fraction of sp³-hybridized carbons (Fsp3) is 0.375. The maximum atomic E-state index is 12.5. The van der Waals surface area contributed by atoms with Crippen LogP contribution in [-0.2, 0) is 21.2 Å². The summed E-state index contributed by atoms with van der Waals surface area (Å²) in [4.78, 5) is 18.0. The first-order valence-electron chi connectivity index (χ1n) is 7.60. The number of benzene rings is 1. The summed E-state index contributed by atoms with van der Waals surface area (Å²) in [5.41, 5.74) is 1.00. The minimum absolute atomic E-state index is 0.0691. The molecule has 0 radical (unpaired) electrons. The fourth-order valence-electron chi connectivity index (χ4n) is 2.05. The lowest BCUT2D eigenvalue weighted by Crippen LogP contribution is -2.34. The van der Waals surface area contributed by atoms with E-state index in [4.69, 9.17) is 11.6 Å². The number of rotatable bonds is 6. The standard InChI is InChI=1S/C16H20ClN3O3S2/c1-10(2)20(4)15(21)8-12-9-24-16(18-12)19-25(22,23)14-7-5-6-13(17)11(14)3/h5-7,9-10H,8H2,1-4H3,(H,18,19). The Bertz CT molecular complexity index is 879. The fourth-order valence-corrected chi connectivity index (χ4v) is 4.51. The number of halogens is 1. The van der Waals surface area contributed by atoms with Gasteiger partial charge in [0.05, 0.1) is 17.0 Å². The van der Waals surface area contributed by atoms with Crippen molar-refractivity contribution in [1.29, 1.82) is 0 Å². The van der Waals surface area contributed by atoms with E-state index in [0.717, 1.165) is 11.3 Å². The summed E-state index contributed by atoms with van der Waals surface area (Å²) in [5.74, 6) is -0.0691. The number of sulfonamides is 1. The van der Waals surface area contributed by atoms with Crippen molar-refractivity contribution in [2.24, 2.45) is 0 Å². The zero-order chi connectivity index (χ0) is 18.8. The number of thiazole rings is 1. The topological polar surface area (TPSA) is 79.4 Å². The SMILES string of the molecule is Cc1c(Cl)cccc1S(=O)(=O)Nc1nc(CC(=O)N(C)C(C)C)cs1. The first kappa shape index (κ1) is 19.7. The largest absolute Gasteiger partial charge is 0.343 e. The summed E-state index contributed by atoms with van der Waals surface area (Å²) < 4.78 is 27.5. The molecule has 0 saturated carbocycles. The summed E-state index contributed by atoms with van der Waals surface area (Å²) in [6, 6.07) is 4.79. The van der Waals surface area contributed by atoms with E-state index in [1.54, 1.807) is 36.4 Å². The Morgan fingerprint density at radius 1 is 1.40 bits per heavy atom. The summed E-state index contributed by atoms with van der Waals surface area (Å²) in [7, 11) is -2.07. The van der Waals surface area contributed by atoms with Crippen molar-refractivity contribution < 1.29 is 13.2 Å². The molecule has 9 heteroatoms. The van der Waals surface area contributed by atoms with Crippen LogP contribution in [0.25, 0.3) is 0 Å². The molecule has 1 aromatic carbocycles. The van der Waals surface area contributed by atoms with Crippen molar-refractivity contribution in [2.45, 2.75) is 38.1 Å². The molecule has 0 fully saturated rings. The van der Waals surface area contributed by atoms with Crippen LogP contribution in [-0.4, -0.2) is 37.3 Å². The Kier molecular flexibility index (Phi) is 6.08. The molecule has 0 saturated heterocycles. The second kappa shape index (κ2) is 7.72. The highest BCUT2D eigenvalue weighted by Crippen LogP contribution is 2.26. The van der Waals surface area contributed by atoms with Gasteiger partial charge in [-0.1, -0.05) is 17.7 Å². The molecule has 2 aromatic rings. The second-order valence-electron chi connectivity index (χ2n) is 5.89. The number of hydrogen-bond acceptors (Lipinski definition) is 5. The molecular weight excluding hydrogens is 382 g/mol. The van der Waals surface area contributed by atoms with Gasteiger partial charge in [0, 0.05) is 23.5 Å². The molecule has 1 amide bonds. The summed E-state index contributed by atoms with van der Waals surface area (Å²) in [6.07, 6.45) is 0.128. The van der Waals surface area contributed by atoms with Crippen molar-refractivity contribution in [3.05, 3.63) is 39.9 Å². The van der Waals surface area contributed by atoms with Crippen LogP contribution in [0.4, 0.5) is 5.13 Å². The third-order valence-corrected chi connectivity index (χ3v) is 6.61. The van der Waals surface area contributed by atoms with Gasteiger partial charge in [0.15, 0.2) is 5.13 Å². The molecule has 25 heavy (non-hydrogen) atoms. The van der Waals surface area contributed by atoms with Crippen molar-refractivity contribution >= 4 is 44.0 Å². The van der Waals surface area contributed by atoms with Gasteiger partial charge in [-0.05, 0) is 38.5 Å². The highest BCUT2D eigenvalue weighted by atomic mass is 35.5. The maximum Gasteiger partial charge on any atom is 0.263 e. The van der Waals surface area contributed by atoms with Crippen molar-refractivity contribution in [3.63, 3.8) is 0 Å². The number of nitrogens with zero attached hydrogens (tertiary/aromatic N) is 2. The number of carbonyl (C=O) groups excluding carboxylic acids is 1. The molecule has 1 aromatic heterocycles. The van der Waals surface area contributed by atoms with Gasteiger partial charge in [0.1, 0.15) is 0 Å². The highest BCUT2D eigenvalue weighted by Gasteiger charge is 2.20. The normalized spacial score (nSPS) is 11.6. The van der Waals surface area contributed by atoms with Crippen LogP contribution >= 0.6 is 22.9 Å². The van der Waals surface area contributed by atoms with Gasteiger partial charge >= 0.3 is 0 Å². The Balaban J connectivity index is 2.15. The monoisotopic (exact) mass is 401 g/mol. The first-order valence-corrected chi connectivity index (χ1v) is 10.3. The number of nitrogens with one attached hydrogen (secondary N) is 1. The van der Waals surface area contributed by atoms with Crippen LogP contribution in [0.2, 0.25) is 5.02 Å². The average Bonchev–Trinajstić information content (AvgIpc) is 2.94. The Labute approximate surface area is 156 Å². The first-order chi connectivity index (χ1) is 11.6. The van der Waals surface area contributed by atoms with Gasteiger partial charge in [0.25, 0.3) is 10.0 Å².